The zero-order chi connectivity index (χ0) is 13.0. The third kappa shape index (κ3) is 2.68. The van der Waals surface area contributed by atoms with Crippen molar-refractivity contribution in [3.63, 3.8) is 0 Å². The Morgan fingerprint density at radius 3 is 2.61 bits per heavy atom. The second-order valence-corrected chi connectivity index (χ2v) is 3.62. The lowest BCUT2D eigenvalue weighted by Gasteiger charge is -2.09. The fraction of sp³-hybridized carbons (Fsp3) is 0.154. The summed E-state index contributed by atoms with van der Waals surface area (Å²) in [6.07, 6.45) is 1.60. The van der Waals surface area contributed by atoms with E-state index >= 15 is 0 Å². The van der Waals surface area contributed by atoms with Crippen molar-refractivity contribution in [2.45, 2.75) is 0 Å². The first-order chi connectivity index (χ1) is 8.72. The molecule has 0 radical (unpaired) electrons. The first kappa shape index (κ1) is 12.2. The van der Waals surface area contributed by atoms with Gasteiger partial charge in [-0.2, -0.15) is 0 Å². The predicted molar refractivity (Wildman–Crippen MR) is 69.8 cm³/mol. The van der Waals surface area contributed by atoms with E-state index in [0.29, 0.717) is 17.3 Å². The fourth-order valence-corrected chi connectivity index (χ4v) is 1.48. The van der Waals surface area contributed by atoms with Gasteiger partial charge in [-0.3, -0.25) is 0 Å². The van der Waals surface area contributed by atoms with E-state index in [0.717, 1.165) is 0 Å². The molecule has 2 aromatic rings. The summed E-state index contributed by atoms with van der Waals surface area (Å²) >= 11 is 0. The van der Waals surface area contributed by atoms with Crippen molar-refractivity contribution < 1.29 is 9.13 Å². The van der Waals surface area contributed by atoms with Crippen molar-refractivity contribution in [2.75, 3.05) is 24.7 Å². The van der Waals surface area contributed by atoms with E-state index in [1.54, 1.807) is 44.6 Å². The van der Waals surface area contributed by atoms with E-state index in [2.05, 4.69) is 15.6 Å². The van der Waals surface area contributed by atoms with Crippen LogP contribution in [0.5, 0.6) is 11.5 Å². The van der Waals surface area contributed by atoms with Crippen LogP contribution >= 0.6 is 0 Å². The van der Waals surface area contributed by atoms with Gasteiger partial charge in [0.1, 0.15) is 11.6 Å². The maximum absolute atomic E-state index is 13.7. The summed E-state index contributed by atoms with van der Waals surface area (Å²) in [5.41, 5.74) is 0.700. The zero-order valence-electron chi connectivity index (χ0n) is 10.2. The molecule has 1 aromatic heterocycles. The van der Waals surface area contributed by atoms with Crippen LogP contribution in [-0.4, -0.2) is 19.1 Å². The molecular weight excluding hydrogens is 233 g/mol. The van der Waals surface area contributed by atoms with Crippen molar-refractivity contribution >= 4 is 11.5 Å². The number of rotatable bonds is 4. The molecule has 0 spiro atoms. The first-order valence-corrected chi connectivity index (χ1v) is 5.52. The van der Waals surface area contributed by atoms with Crippen LogP contribution in [0, 0.1) is 5.82 Å². The SMILES string of the molecule is CNc1ccc(Oc2ccnc(NC)c2)c(F)c1. The van der Waals surface area contributed by atoms with Crippen LogP contribution in [-0.2, 0) is 0 Å². The van der Waals surface area contributed by atoms with Crippen LogP contribution in [0.2, 0.25) is 0 Å². The van der Waals surface area contributed by atoms with Gasteiger partial charge in [0, 0.05) is 38.1 Å². The van der Waals surface area contributed by atoms with E-state index in [4.69, 9.17) is 4.74 Å². The molecule has 0 fully saturated rings. The summed E-state index contributed by atoms with van der Waals surface area (Å²) in [5.74, 6) is 0.970. The van der Waals surface area contributed by atoms with Gasteiger partial charge in [0.25, 0.3) is 0 Å². The average molecular weight is 247 g/mol. The standard InChI is InChI=1S/C13H14FN3O/c1-15-9-3-4-12(11(14)7-9)18-10-5-6-17-13(8-10)16-2/h3-8,15H,1-2H3,(H,16,17). The Kier molecular flexibility index (Phi) is 3.62. The van der Waals surface area contributed by atoms with E-state index in [1.807, 2.05) is 0 Å². The lowest BCUT2D eigenvalue weighted by molar-refractivity contribution is 0.442. The van der Waals surface area contributed by atoms with E-state index in [-0.39, 0.29) is 5.75 Å². The zero-order valence-corrected chi connectivity index (χ0v) is 10.2. The molecule has 4 nitrogen and oxygen atoms in total. The lowest BCUT2D eigenvalue weighted by atomic mass is 10.3. The number of ether oxygens (including phenoxy) is 1. The Labute approximate surface area is 105 Å². The maximum atomic E-state index is 13.7. The molecule has 1 aromatic carbocycles. The molecule has 0 unspecified atom stereocenters. The lowest BCUT2D eigenvalue weighted by Crippen LogP contribution is -1.94. The normalized spacial score (nSPS) is 9.94. The molecule has 0 aliphatic heterocycles. The van der Waals surface area contributed by atoms with Gasteiger partial charge in [0.2, 0.25) is 0 Å². The molecule has 2 N–H and O–H groups in total. The van der Waals surface area contributed by atoms with Crippen molar-refractivity contribution in [1.29, 1.82) is 0 Å². The van der Waals surface area contributed by atoms with Crippen molar-refractivity contribution in [2.24, 2.45) is 0 Å². The number of nitrogens with one attached hydrogen (secondary N) is 2. The Balaban J connectivity index is 2.22. The molecule has 0 atom stereocenters. The molecule has 5 heteroatoms. The third-order valence-electron chi connectivity index (χ3n) is 2.44. The predicted octanol–water partition coefficient (Wildman–Crippen LogP) is 3.10. The summed E-state index contributed by atoms with van der Waals surface area (Å²) in [6.45, 7) is 0. The minimum Gasteiger partial charge on any atom is -0.454 e. The summed E-state index contributed by atoms with van der Waals surface area (Å²) in [4.78, 5) is 4.05. The highest BCUT2D eigenvalue weighted by Crippen LogP contribution is 2.27. The highest BCUT2D eigenvalue weighted by atomic mass is 19.1. The fourth-order valence-electron chi connectivity index (χ4n) is 1.48. The van der Waals surface area contributed by atoms with Crippen LogP contribution in [0.1, 0.15) is 0 Å². The van der Waals surface area contributed by atoms with Gasteiger partial charge in [-0.05, 0) is 18.2 Å². The Hall–Kier alpha value is -2.30. The molecule has 0 amide bonds. The Morgan fingerprint density at radius 1 is 1.11 bits per heavy atom. The molecule has 0 saturated heterocycles. The van der Waals surface area contributed by atoms with Crippen LogP contribution in [0.4, 0.5) is 15.9 Å². The smallest absolute Gasteiger partial charge is 0.167 e. The molecule has 0 aliphatic carbocycles. The van der Waals surface area contributed by atoms with Crippen LogP contribution < -0.4 is 15.4 Å². The molecule has 0 bridgehead atoms. The highest BCUT2D eigenvalue weighted by molar-refractivity contribution is 5.48. The number of benzene rings is 1. The van der Waals surface area contributed by atoms with Gasteiger partial charge in [0.15, 0.2) is 11.6 Å². The molecule has 2 rings (SSSR count). The summed E-state index contributed by atoms with van der Waals surface area (Å²) in [5, 5.41) is 5.75. The van der Waals surface area contributed by atoms with E-state index in [1.165, 1.54) is 6.07 Å². The van der Waals surface area contributed by atoms with Gasteiger partial charge in [-0.1, -0.05) is 0 Å². The number of anilines is 2. The van der Waals surface area contributed by atoms with Crippen molar-refractivity contribution in [3.05, 3.63) is 42.3 Å². The highest BCUT2D eigenvalue weighted by Gasteiger charge is 2.06. The molecule has 1 heterocycles. The Morgan fingerprint density at radius 2 is 1.94 bits per heavy atom. The molecular formula is C13H14FN3O. The number of hydrogen-bond donors (Lipinski definition) is 2. The number of aromatic nitrogens is 1. The van der Waals surface area contributed by atoms with Crippen molar-refractivity contribution in [1.82, 2.24) is 4.98 Å². The van der Waals surface area contributed by atoms with Gasteiger partial charge < -0.3 is 15.4 Å². The van der Waals surface area contributed by atoms with Gasteiger partial charge in [-0.15, -0.1) is 0 Å². The number of nitrogens with zero attached hydrogens (tertiary/aromatic N) is 1. The number of halogens is 1. The van der Waals surface area contributed by atoms with E-state index < -0.39 is 5.82 Å². The van der Waals surface area contributed by atoms with Crippen LogP contribution in [0.15, 0.2) is 36.5 Å². The second kappa shape index (κ2) is 5.35. The summed E-state index contributed by atoms with van der Waals surface area (Å²) < 4.78 is 19.2. The van der Waals surface area contributed by atoms with Crippen LogP contribution in [0.25, 0.3) is 0 Å². The summed E-state index contributed by atoms with van der Waals surface area (Å²) in [6, 6.07) is 8.09. The Bertz CT molecular complexity index is 546. The van der Waals surface area contributed by atoms with Gasteiger partial charge in [-0.25, -0.2) is 9.37 Å². The molecule has 18 heavy (non-hydrogen) atoms. The van der Waals surface area contributed by atoms with Crippen LogP contribution in [0.3, 0.4) is 0 Å². The number of hydrogen-bond acceptors (Lipinski definition) is 4. The largest absolute Gasteiger partial charge is 0.454 e. The van der Waals surface area contributed by atoms with Gasteiger partial charge in [0.05, 0.1) is 0 Å². The topological polar surface area (TPSA) is 46.2 Å². The molecule has 0 aliphatic rings. The molecule has 94 valence electrons. The second-order valence-electron chi connectivity index (χ2n) is 3.62. The van der Waals surface area contributed by atoms with Gasteiger partial charge >= 0.3 is 0 Å². The van der Waals surface area contributed by atoms with Crippen molar-refractivity contribution in [3.8, 4) is 11.5 Å². The minimum atomic E-state index is -0.412. The third-order valence-corrected chi connectivity index (χ3v) is 2.44. The monoisotopic (exact) mass is 247 g/mol. The average Bonchev–Trinajstić information content (AvgIpc) is 2.41. The molecule has 0 saturated carbocycles. The summed E-state index contributed by atoms with van der Waals surface area (Å²) in [7, 11) is 3.49. The quantitative estimate of drug-likeness (QED) is 0.871. The number of pyridine rings is 1. The first-order valence-electron chi connectivity index (χ1n) is 5.52. The maximum Gasteiger partial charge on any atom is 0.167 e. The van der Waals surface area contributed by atoms with E-state index in [9.17, 15) is 4.39 Å². The minimum absolute atomic E-state index is 0.183.